The monoisotopic (exact) mass is 512 g/mol. The molecule has 8 N–H and O–H groups in total. The van der Waals surface area contributed by atoms with Gasteiger partial charge in [-0.25, -0.2) is 28.6 Å². The van der Waals surface area contributed by atoms with Crippen molar-refractivity contribution in [2.45, 2.75) is 30.2 Å². The number of carbonyl (C=O) groups excluding carboxylic acids is 2. The Morgan fingerprint density at radius 3 is 2.14 bits per heavy atom. The second-order valence-corrected chi connectivity index (χ2v) is 8.72. The van der Waals surface area contributed by atoms with E-state index in [2.05, 4.69) is 9.71 Å². The Morgan fingerprint density at radius 1 is 1.00 bits per heavy atom. The molecule has 0 spiro atoms. The average molecular weight is 513 g/mol. The number of nitrogens with zero attached hydrogens (tertiary/aromatic N) is 1. The van der Waals surface area contributed by atoms with Crippen molar-refractivity contribution in [1.82, 2.24) is 21.0 Å². The third kappa shape index (κ3) is 9.17. The zero-order chi connectivity index (χ0) is 25.8. The first-order valence-electron chi connectivity index (χ1n) is 10.2. The van der Waals surface area contributed by atoms with Crippen LogP contribution >= 0.6 is 0 Å². The normalized spacial score (nSPS) is 12.5. The van der Waals surface area contributed by atoms with Gasteiger partial charge in [0.05, 0.1) is 4.90 Å². The van der Waals surface area contributed by atoms with Crippen molar-refractivity contribution in [3.63, 3.8) is 0 Å². The summed E-state index contributed by atoms with van der Waals surface area (Å²) in [5.74, 6) is -0.984. The zero-order valence-electron chi connectivity index (χ0n) is 18.3. The minimum atomic E-state index is -4.14. The molecule has 0 aromatic heterocycles. The fourth-order valence-corrected chi connectivity index (χ4v) is 4.00. The average Bonchev–Trinajstić information content (AvgIpc) is 2.83. The van der Waals surface area contributed by atoms with Gasteiger partial charge in [0, 0.05) is 6.54 Å². The molecule has 190 valence electrons. The van der Waals surface area contributed by atoms with E-state index < -0.39 is 33.8 Å². The molecule has 2 aromatic rings. The molecule has 2 aromatic carbocycles. The van der Waals surface area contributed by atoms with Crippen LogP contribution in [0.1, 0.15) is 19.3 Å². The second-order valence-electron chi connectivity index (χ2n) is 7.00. The van der Waals surface area contributed by atoms with Crippen molar-refractivity contribution in [1.29, 1.82) is 0 Å². The fourth-order valence-electron chi connectivity index (χ4n) is 2.77. The molecule has 0 fully saturated rings. The van der Waals surface area contributed by atoms with Gasteiger partial charge in [-0.1, -0.05) is 0 Å². The number of ether oxygens (including phenoxy) is 1. The first-order chi connectivity index (χ1) is 16.6. The van der Waals surface area contributed by atoms with Gasteiger partial charge in [-0.05, 0) is 67.8 Å². The summed E-state index contributed by atoms with van der Waals surface area (Å²) in [5, 5.41) is 19.8. The van der Waals surface area contributed by atoms with Gasteiger partial charge in [-0.15, -0.1) is 0 Å². The van der Waals surface area contributed by atoms with Crippen molar-refractivity contribution >= 4 is 27.9 Å². The van der Waals surface area contributed by atoms with Crippen molar-refractivity contribution in [2.75, 3.05) is 6.54 Å². The van der Waals surface area contributed by atoms with Gasteiger partial charge in [0.2, 0.25) is 16.0 Å². The highest BCUT2D eigenvalue weighted by atomic mass is 32.2. The molecule has 35 heavy (non-hydrogen) atoms. The van der Waals surface area contributed by atoms with Crippen LogP contribution in [-0.4, -0.2) is 49.3 Å². The molecule has 13 nitrogen and oxygen atoms in total. The van der Waals surface area contributed by atoms with Crippen LogP contribution in [0.2, 0.25) is 0 Å². The number of halogens is 1. The van der Waals surface area contributed by atoms with Crippen molar-refractivity contribution in [2.24, 2.45) is 10.7 Å². The smallest absolute Gasteiger partial charge is 0.318 e. The Labute approximate surface area is 200 Å². The SMILES string of the molecule is NC(=O)NC(=NCCCC[C@@H](NS(=O)(=O)c1ccc(Oc2ccc(F)cc2)cc1)C(=O)NO)NO. The van der Waals surface area contributed by atoms with Crippen LogP contribution in [0.15, 0.2) is 58.4 Å². The number of hydrogen-bond acceptors (Lipinski definition) is 8. The Morgan fingerprint density at radius 2 is 1.60 bits per heavy atom. The number of rotatable bonds is 11. The van der Waals surface area contributed by atoms with E-state index in [0.717, 1.165) is 0 Å². The maximum Gasteiger partial charge on any atom is 0.318 e. The van der Waals surface area contributed by atoms with Crippen molar-refractivity contribution in [3.05, 3.63) is 54.3 Å². The number of amides is 3. The summed E-state index contributed by atoms with van der Waals surface area (Å²) in [6.45, 7) is 0.110. The van der Waals surface area contributed by atoms with Crippen molar-refractivity contribution in [3.8, 4) is 11.5 Å². The molecule has 0 aliphatic heterocycles. The molecule has 15 heteroatoms. The van der Waals surface area contributed by atoms with Gasteiger partial charge < -0.3 is 10.5 Å². The highest BCUT2D eigenvalue weighted by Crippen LogP contribution is 2.23. The summed E-state index contributed by atoms with van der Waals surface area (Å²) in [6, 6.07) is 8.36. The number of guanidine groups is 1. The number of aliphatic imine (C=N–C) groups is 1. The lowest BCUT2D eigenvalue weighted by molar-refractivity contribution is -0.131. The number of benzene rings is 2. The van der Waals surface area contributed by atoms with Crippen molar-refractivity contribution < 1.29 is 37.5 Å². The fraction of sp³-hybridized carbons (Fsp3) is 0.250. The van der Waals surface area contributed by atoms with Crippen LogP contribution in [0, 0.1) is 5.82 Å². The van der Waals surface area contributed by atoms with E-state index in [9.17, 15) is 22.4 Å². The molecule has 0 saturated heterocycles. The number of nitrogens with two attached hydrogens (primary N) is 1. The molecule has 0 unspecified atom stereocenters. The van der Waals surface area contributed by atoms with E-state index in [4.69, 9.17) is 20.9 Å². The predicted octanol–water partition coefficient (Wildman–Crippen LogP) is 0.944. The third-order valence-corrected chi connectivity index (χ3v) is 5.91. The van der Waals surface area contributed by atoms with Crippen LogP contribution in [-0.2, 0) is 14.8 Å². The summed E-state index contributed by atoms with van der Waals surface area (Å²) >= 11 is 0. The Hall–Kier alpha value is -3.79. The van der Waals surface area contributed by atoms with E-state index in [0.29, 0.717) is 24.3 Å². The lowest BCUT2D eigenvalue weighted by Crippen LogP contribution is -2.45. The molecular formula is C20H25FN6O7S. The van der Waals surface area contributed by atoms with Gasteiger partial charge in [-0.3, -0.25) is 25.5 Å². The zero-order valence-corrected chi connectivity index (χ0v) is 19.1. The Balaban J connectivity index is 1.97. The Kier molecular flexibility index (Phi) is 10.3. The van der Waals surface area contributed by atoms with E-state index in [1.165, 1.54) is 54.0 Å². The number of sulfonamides is 1. The van der Waals surface area contributed by atoms with E-state index in [1.807, 2.05) is 5.32 Å². The molecule has 0 aliphatic rings. The topological polar surface area (TPSA) is 204 Å². The first-order valence-corrected chi connectivity index (χ1v) is 11.6. The molecule has 3 amide bonds. The van der Waals surface area contributed by atoms with Gasteiger partial charge in [0.15, 0.2) is 0 Å². The summed E-state index contributed by atoms with van der Waals surface area (Å²) in [5.41, 5.74) is 7.99. The molecule has 0 aliphatic carbocycles. The predicted molar refractivity (Wildman–Crippen MR) is 121 cm³/mol. The standard InChI is InChI=1S/C20H25FN6O7S/c21-13-4-6-14(7-5-13)34-15-8-10-16(11-9-15)35(32,33)27-17(18(28)25-30)3-1-2-12-23-20(26-31)24-19(22)29/h4-11,17,27,30-31H,1-3,12H2,(H,25,28)(H4,22,23,24,26,29)/t17-/m1/s1. The first kappa shape index (κ1) is 27.5. The van der Waals surface area contributed by atoms with E-state index in [-0.39, 0.29) is 23.8 Å². The molecule has 2 rings (SSSR count). The number of urea groups is 1. The van der Waals surface area contributed by atoms with Crippen LogP contribution in [0.4, 0.5) is 9.18 Å². The number of primary amides is 1. The quantitative estimate of drug-likeness (QED) is 0.0757. The van der Waals surface area contributed by atoms with Crippen LogP contribution in [0.5, 0.6) is 11.5 Å². The molecule has 0 bridgehead atoms. The summed E-state index contributed by atoms with van der Waals surface area (Å²) in [6.07, 6.45) is 0.653. The number of hydroxylamine groups is 2. The van der Waals surface area contributed by atoms with Crippen LogP contribution in [0.25, 0.3) is 0 Å². The Bertz CT molecular complexity index is 1130. The van der Waals surface area contributed by atoms with Gasteiger partial charge in [-0.2, -0.15) is 4.72 Å². The number of nitrogens with one attached hydrogen (secondary N) is 4. The lowest BCUT2D eigenvalue weighted by atomic mass is 10.1. The van der Waals surface area contributed by atoms with Crippen LogP contribution < -0.4 is 31.5 Å². The highest BCUT2D eigenvalue weighted by molar-refractivity contribution is 7.89. The number of unbranched alkanes of at least 4 members (excludes halogenated alkanes) is 1. The maximum atomic E-state index is 13.0. The van der Waals surface area contributed by atoms with Gasteiger partial charge in [0.1, 0.15) is 23.4 Å². The van der Waals surface area contributed by atoms with Gasteiger partial charge in [0.25, 0.3) is 5.91 Å². The third-order valence-electron chi connectivity index (χ3n) is 4.43. The van der Waals surface area contributed by atoms with Gasteiger partial charge >= 0.3 is 6.03 Å². The van der Waals surface area contributed by atoms with E-state index in [1.54, 1.807) is 5.48 Å². The molecule has 0 heterocycles. The molecule has 0 radical (unpaired) electrons. The number of carbonyl (C=O) groups is 2. The largest absolute Gasteiger partial charge is 0.457 e. The molecule has 0 saturated carbocycles. The number of hydrogen-bond donors (Lipinski definition) is 7. The van der Waals surface area contributed by atoms with Crippen LogP contribution in [0.3, 0.4) is 0 Å². The molecule has 1 atom stereocenters. The molecular weight excluding hydrogens is 487 g/mol. The second kappa shape index (κ2) is 13.2. The summed E-state index contributed by atoms with van der Waals surface area (Å²) < 4.78 is 46.2. The van der Waals surface area contributed by atoms with E-state index >= 15 is 0 Å². The minimum absolute atomic E-state index is 0.0119. The highest BCUT2D eigenvalue weighted by Gasteiger charge is 2.25. The maximum absolute atomic E-state index is 13.0. The summed E-state index contributed by atoms with van der Waals surface area (Å²) in [7, 11) is -4.14. The summed E-state index contributed by atoms with van der Waals surface area (Å²) in [4.78, 5) is 26.4. The lowest BCUT2D eigenvalue weighted by Gasteiger charge is -2.17. The minimum Gasteiger partial charge on any atom is -0.457 e.